The highest BCUT2D eigenvalue weighted by Crippen LogP contribution is 2.49. The van der Waals surface area contributed by atoms with E-state index in [0.717, 1.165) is 5.01 Å². The van der Waals surface area contributed by atoms with E-state index in [1.807, 2.05) is 0 Å². The molecule has 2 atom stereocenters. The Morgan fingerprint density at radius 3 is 2.86 bits per heavy atom. The molecular formula is C15H14FN3OS. The van der Waals surface area contributed by atoms with Crippen LogP contribution in [0, 0.1) is 11.7 Å². The van der Waals surface area contributed by atoms with Crippen molar-refractivity contribution in [2.24, 2.45) is 5.92 Å². The third kappa shape index (κ3) is 2.55. The highest BCUT2D eigenvalue weighted by molar-refractivity contribution is 7.15. The number of carbonyl (C=O) groups excluding carboxylic acids is 1. The molecule has 4 rings (SSSR count). The van der Waals surface area contributed by atoms with Crippen LogP contribution >= 0.6 is 11.3 Å². The summed E-state index contributed by atoms with van der Waals surface area (Å²) in [4.78, 5) is 12.2. The van der Waals surface area contributed by atoms with E-state index in [0.29, 0.717) is 23.0 Å². The molecule has 2 saturated carbocycles. The molecule has 1 amide bonds. The van der Waals surface area contributed by atoms with Crippen molar-refractivity contribution in [2.45, 2.75) is 31.1 Å². The third-order valence-electron chi connectivity index (χ3n) is 4.03. The van der Waals surface area contributed by atoms with E-state index in [1.165, 1.54) is 30.2 Å². The smallest absolute Gasteiger partial charge is 0.229 e. The lowest BCUT2D eigenvalue weighted by Crippen LogP contribution is -2.14. The van der Waals surface area contributed by atoms with Crippen LogP contribution in [0.4, 0.5) is 9.52 Å². The number of rotatable bonds is 4. The molecule has 21 heavy (non-hydrogen) atoms. The van der Waals surface area contributed by atoms with Crippen LogP contribution < -0.4 is 5.32 Å². The Kier molecular flexibility index (Phi) is 2.99. The SMILES string of the molecule is O=C(Nc1nnc(C2CC2)s1)[C@H]1C[C@H]1c1ccccc1F. The van der Waals surface area contributed by atoms with Gasteiger partial charge in [0.2, 0.25) is 11.0 Å². The zero-order valence-corrected chi connectivity index (χ0v) is 12.1. The number of carbonyl (C=O) groups is 1. The average Bonchev–Trinajstić information content (AvgIpc) is 3.39. The molecule has 4 nitrogen and oxygen atoms in total. The second-order valence-electron chi connectivity index (χ2n) is 5.68. The van der Waals surface area contributed by atoms with Gasteiger partial charge in [0, 0.05) is 11.8 Å². The minimum absolute atomic E-state index is 0.0120. The summed E-state index contributed by atoms with van der Waals surface area (Å²) in [6.45, 7) is 0. The number of aromatic nitrogens is 2. The molecule has 6 heteroatoms. The number of hydrogen-bond donors (Lipinski definition) is 1. The Morgan fingerprint density at radius 2 is 2.10 bits per heavy atom. The molecule has 0 radical (unpaired) electrons. The van der Waals surface area contributed by atoms with Gasteiger partial charge in [0.25, 0.3) is 0 Å². The molecule has 0 aliphatic heterocycles. The molecule has 0 spiro atoms. The van der Waals surface area contributed by atoms with Gasteiger partial charge in [-0.3, -0.25) is 4.79 Å². The van der Waals surface area contributed by atoms with Crippen molar-refractivity contribution in [1.29, 1.82) is 0 Å². The summed E-state index contributed by atoms with van der Waals surface area (Å²) < 4.78 is 13.7. The monoisotopic (exact) mass is 303 g/mol. The molecular weight excluding hydrogens is 289 g/mol. The Bertz CT molecular complexity index is 698. The zero-order chi connectivity index (χ0) is 14.4. The summed E-state index contributed by atoms with van der Waals surface area (Å²) in [5.74, 6) is 0.0592. The average molecular weight is 303 g/mol. The molecule has 1 aromatic heterocycles. The minimum Gasteiger partial charge on any atom is -0.300 e. The fraction of sp³-hybridized carbons (Fsp3) is 0.400. The van der Waals surface area contributed by atoms with Gasteiger partial charge in [-0.15, -0.1) is 10.2 Å². The molecule has 2 aliphatic carbocycles. The van der Waals surface area contributed by atoms with Crippen molar-refractivity contribution >= 4 is 22.4 Å². The normalized spacial score (nSPS) is 23.9. The lowest BCUT2D eigenvalue weighted by atomic mass is 10.1. The van der Waals surface area contributed by atoms with Gasteiger partial charge in [0.1, 0.15) is 10.8 Å². The van der Waals surface area contributed by atoms with Crippen LogP contribution in [0.1, 0.15) is 41.7 Å². The van der Waals surface area contributed by atoms with E-state index in [-0.39, 0.29) is 23.6 Å². The molecule has 2 aromatic rings. The molecule has 1 heterocycles. The number of nitrogens with one attached hydrogen (secondary N) is 1. The fourth-order valence-corrected chi connectivity index (χ4v) is 3.50. The first kappa shape index (κ1) is 12.9. The number of amides is 1. The van der Waals surface area contributed by atoms with Crippen molar-refractivity contribution < 1.29 is 9.18 Å². The lowest BCUT2D eigenvalue weighted by molar-refractivity contribution is -0.117. The predicted molar refractivity (Wildman–Crippen MR) is 77.8 cm³/mol. The summed E-state index contributed by atoms with van der Waals surface area (Å²) in [5, 5.41) is 12.5. The molecule has 2 aliphatic rings. The highest BCUT2D eigenvalue weighted by Gasteiger charge is 2.45. The summed E-state index contributed by atoms with van der Waals surface area (Å²) in [5.41, 5.74) is 0.633. The topological polar surface area (TPSA) is 54.9 Å². The first-order valence-corrected chi connectivity index (χ1v) is 7.92. The zero-order valence-electron chi connectivity index (χ0n) is 11.3. The van der Waals surface area contributed by atoms with E-state index in [4.69, 9.17) is 0 Å². The molecule has 0 unspecified atom stereocenters. The van der Waals surface area contributed by atoms with Gasteiger partial charge in [0.05, 0.1) is 0 Å². The van der Waals surface area contributed by atoms with Crippen molar-refractivity contribution in [3.05, 3.63) is 40.7 Å². The van der Waals surface area contributed by atoms with Crippen LogP contribution in [0.25, 0.3) is 0 Å². The number of halogens is 1. The third-order valence-corrected chi connectivity index (χ3v) is 5.03. The first-order chi connectivity index (χ1) is 10.2. The highest BCUT2D eigenvalue weighted by atomic mass is 32.1. The Labute approximate surface area is 125 Å². The number of benzene rings is 1. The molecule has 108 valence electrons. The lowest BCUT2D eigenvalue weighted by Gasteiger charge is -2.02. The second-order valence-corrected chi connectivity index (χ2v) is 6.69. The van der Waals surface area contributed by atoms with Crippen molar-refractivity contribution in [3.63, 3.8) is 0 Å². The van der Waals surface area contributed by atoms with E-state index in [9.17, 15) is 9.18 Å². The van der Waals surface area contributed by atoms with Gasteiger partial charge in [-0.1, -0.05) is 29.5 Å². The van der Waals surface area contributed by atoms with E-state index in [1.54, 1.807) is 18.2 Å². The fourth-order valence-electron chi connectivity index (χ4n) is 2.58. The van der Waals surface area contributed by atoms with Gasteiger partial charge >= 0.3 is 0 Å². The largest absolute Gasteiger partial charge is 0.300 e. The first-order valence-electron chi connectivity index (χ1n) is 7.11. The van der Waals surface area contributed by atoms with Crippen LogP contribution in [0.2, 0.25) is 0 Å². The maximum absolute atomic E-state index is 13.7. The number of nitrogens with zero attached hydrogens (tertiary/aromatic N) is 2. The summed E-state index contributed by atoms with van der Waals surface area (Å²) >= 11 is 1.45. The summed E-state index contributed by atoms with van der Waals surface area (Å²) in [7, 11) is 0. The van der Waals surface area contributed by atoms with Gasteiger partial charge in [-0.2, -0.15) is 0 Å². The number of hydrogen-bond acceptors (Lipinski definition) is 4. The number of anilines is 1. The quantitative estimate of drug-likeness (QED) is 0.943. The Morgan fingerprint density at radius 1 is 1.29 bits per heavy atom. The maximum atomic E-state index is 13.7. The van der Waals surface area contributed by atoms with Gasteiger partial charge in [-0.25, -0.2) is 4.39 Å². The van der Waals surface area contributed by atoms with E-state index < -0.39 is 0 Å². The van der Waals surface area contributed by atoms with Gasteiger partial charge in [-0.05, 0) is 36.8 Å². The van der Waals surface area contributed by atoms with E-state index >= 15 is 0 Å². The summed E-state index contributed by atoms with van der Waals surface area (Å²) in [6, 6.07) is 6.66. The van der Waals surface area contributed by atoms with E-state index in [2.05, 4.69) is 15.5 Å². The second kappa shape index (κ2) is 4.87. The molecule has 2 fully saturated rings. The van der Waals surface area contributed by atoms with Crippen LogP contribution in [0.15, 0.2) is 24.3 Å². The Balaban J connectivity index is 1.41. The molecule has 1 N–H and O–H groups in total. The molecule has 0 saturated heterocycles. The minimum atomic E-state index is -0.232. The van der Waals surface area contributed by atoms with Gasteiger partial charge in [0.15, 0.2) is 0 Å². The van der Waals surface area contributed by atoms with Crippen molar-refractivity contribution in [1.82, 2.24) is 10.2 Å². The van der Waals surface area contributed by atoms with Crippen LogP contribution in [0.5, 0.6) is 0 Å². The molecule has 0 bridgehead atoms. The maximum Gasteiger partial charge on any atom is 0.229 e. The summed E-state index contributed by atoms with van der Waals surface area (Å²) in [6.07, 6.45) is 3.03. The predicted octanol–water partition coefficient (Wildman–Crippen LogP) is 3.30. The van der Waals surface area contributed by atoms with Gasteiger partial charge < -0.3 is 5.32 Å². The standard InChI is InChI=1S/C15H14FN3OS/c16-12-4-2-1-3-9(12)10-7-11(10)13(20)17-15-19-18-14(21-15)8-5-6-8/h1-4,8,10-11H,5-7H2,(H,17,19,20)/t10-,11-/m0/s1. The molecule has 1 aromatic carbocycles. The van der Waals surface area contributed by atoms with Crippen LogP contribution in [-0.4, -0.2) is 16.1 Å². The van der Waals surface area contributed by atoms with Crippen molar-refractivity contribution in [3.8, 4) is 0 Å². The van der Waals surface area contributed by atoms with Crippen LogP contribution in [-0.2, 0) is 4.79 Å². The van der Waals surface area contributed by atoms with Crippen LogP contribution in [0.3, 0.4) is 0 Å². The van der Waals surface area contributed by atoms with Crippen molar-refractivity contribution in [2.75, 3.05) is 5.32 Å². The Hall–Kier alpha value is -1.82.